The number of benzene rings is 2. The van der Waals surface area contributed by atoms with Gasteiger partial charge in [0.05, 0.1) is 0 Å². The van der Waals surface area contributed by atoms with E-state index in [4.69, 9.17) is 20.3 Å². The molecule has 2 aromatic carbocycles. The minimum absolute atomic E-state index is 0.0680. The zero-order chi connectivity index (χ0) is 22.1. The molecule has 0 saturated heterocycles. The molecule has 11 nitrogen and oxygen atoms in total. The van der Waals surface area contributed by atoms with Gasteiger partial charge in [0.2, 0.25) is 0 Å². The third kappa shape index (κ3) is 6.21. The number of nitrogens with one attached hydrogen (secondary N) is 2. The summed E-state index contributed by atoms with van der Waals surface area (Å²) in [6.07, 6.45) is -2.05. The van der Waals surface area contributed by atoms with Crippen LogP contribution in [0.25, 0.3) is 0 Å². The van der Waals surface area contributed by atoms with Crippen LogP contribution in [0.5, 0.6) is 11.5 Å². The second-order valence-electron chi connectivity index (χ2n) is 5.81. The summed E-state index contributed by atoms with van der Waals surface area (Å²) < 4.78 is 10.2. The molecule has 2 aromatic rings. The Morgan fingerprint density at radius 2 is 1.67 bits per heavy atom. The maximum atomic E-state index is 12.2. The Balaban J connectivity index is 2.06. The van der Waals surface area contributed by atoms with Gasteiger partial charge in [-0.2, -0.15) is 0 Å². The van der Waals surface area contributed by atoms with Gasteiger partial charge in [-0.25, -0.2) is 9.59 Å². The summed E-state index contributed by atoms with van der Waals surface area (Å²) in [6, 6.07) is 12.0. The predicted octanol–water partition coefficient (Wildman–Crippen LogP) is -0.0981. The molecule has 0 heterocycles. The minimum Gasteiger partial charge on any atom is -0.479 e. The van der Waals surface area contributed by atoms with E-state index in [1.807, 2.05) is 5.43 Å². The van der Waals surface area contributed by atoms with Crippen molar-refractivity contribution in [1.82, 2.24) is 10.9 Å². The van der Waals surface area contributed by atoms with Crippen LogP contribution < -0.4 is 26.1 Å². The third-order valence-electron chi connectivity index (χ3n) is 3.63. The predicted molar refractivity (Wildman–Crippen MR) is 102 cm³/mol. The van der Waals surface area contributed by atoms with E-state index < -0.39 is 36.5 Å². The van der Waals surface area contributed by atoms with Gasteiger partial charge in [0.15, 0.2) is 18.1 Å². The Morgan fingerprint density at radius 3 is 2.30 bits per heavy atom. The van der Waals surface area contributed by atoms with Gasteiger partial charge in [-0.15, -0.1) is 0 Å². The van der Waals surface area contributed by atoms with Crippen molar-refractivity contribution >= 4 is 23.8 Å². The Morgan fingerprint density at radius 1 is 0.967 bits per heavy atom. The first-order valence-electron chi connectivity index (χ1n) is 8.54. The molecule has 0 aliphatic heterocycles. The normalized spacial score (nSPS) is 11.1. The second kappa shape index (κ2) is 10.4. The fourth-order valence-electron chi connectivity index (χ4n) is 2.24. The first-order chi connectivity index (χ1) is 14.3. The number of carbonyl (C=O) groups is 4. The molecule has 0 bridgehead atoms. The van der Waals surface area contributed by atoms with Crippen molar-refractivity contribution < 1.29 is 38.9 Å². The maximum absolute atomic E-state index is 12.2. The summed E-state index contributed by atoms with van der Waals surface area (Å²) in [5.41, 5.74) is 10.5. The molecular weight excluding hydrogens is 398 g/mol. The van der Waals surface area contributed by atoms with Crippen LogP contribution in [0.15, 0.2) is 48.5 Å². The molecule has 0 spiro atoms. The molecule has 0 radical (unpaired) electrons. The molecule has 0 aliphatic rings. The number of hydrogen-bond donors (Lipinski definition) is 5. The monoisotopic (exact) mass is 417 g/mol. The first-order valence-corrected chi connectivity index (χ1v) is 8.54. The molecule has 0 saturated carbocycles. The zero-order valence-corrected chi connectivity index (χ0v) is 15.5. The average molecular weight is 417 g/mol. The summed E-state index contributed by atoms with van der Waals surface area (Å²) in [6.45, 7) is -0.478. The van der Waals surface area contributed by atoms with Gasteiger partial charge in [-0.1, -0.05) is 24.3 Å². The van der Waals surface area contributed by atoms with Crippen molar-refractivity contribution in [2.24, 2.45) is 5.73 Å². The second-order valence-corrected chi connectivity index (χ2v) is 5.81. The fourth-order valence-corrected chi connectivity index (χ4v) is 2.24. The Hall–Kier alpha value is -4.12. The van der Waals surface area contributed by atoms with E-state index in [1.165, 1.54) is 36.4 Å². The highest BCUT2D eigenvalue weighted by Gasteiger charge is 2.30. The van der Waals surface area contributed by atoms with E-state index in [9.17, 15) is 24.3 Å². The van der Waals surface area contributed by atoms with E-state index in [0.29, 0.717) is 5.56 Å². The van der Waals surface area contributed by atoms with E-state index in [-0.39, 0.29) is 23.6 Å². The number of para-hydroxylation sites is 2. The lowest BCUT2D eigenvalue weighted by molar-refractivity contribution is -0.151. The molecule has 6 N–H and O–H groups in total. The smallest absolute Gasteiger partial charge is 0.355 e. The van der Waals surface area contributed by atoms with Crippen molar-refractivity contribution in [3.8, 4) is 11.5 Å². The van der Waals surface area contributed by atoms with Crippen LogP contribution in [0.4, 0.5) is 0 Å². The first kappa shape index (κ1) is 22.2. The molecule has 158 valence electrons. The molecule has 11 heteroatoms. The summed E-state index contributed by atoms with van der Waals surface area (Å²) in [4.78, 5) is 46.5. The van der Waals surface area contributed by atoms with Crippen LogP contribution in [0.2, 0.25) is 0 Å². The number of carbonyl (C=O) groups excluding carboxylic acids is 2. The number of ether oxygens (including phenoxy) is 2. The van der Waals surface area contributed by atoms with Crippen LogP contribution in [0.1, 0.15) is 15.9 Å². The number of amides is 2. The average Bonchev–Trinajstić information content (AvgIpc) is 2.74. The molecule has 1 atom stereocenters. The molecule has 2 rings (SSSR count). The van der Waals surface area contributed by atoms with Crippen LogP contribution in [0, 0.1) is 0 Å². The van der Waals surface area contributed by atoms with Gasteiger partial charge in [0.25, 0.3) is 17.9 Å². The van der Waals surface area contributed by atoms with E-state index >= 15 is 0 Å². The quantitative estimate of drug-likeness (QED) is 0.275. The zero-order valence-electron chi connectivity index (χ0n) is 15.5. The highest BCUT2D eigenvalue weighted by Crippen LogP contribution is 2.27. The van der Waals surface area contributed by atoms with Crippen molar-refractivity contribution in [2.75, 3.05) is 6.61 Å². The molecule has 0 fully saturated rings. The van der Waals surface area contributed by atoms with Gasteiger partial charge < -0.3 is 25.4 Å². The molecule has 0 aliphatic carbocycles. The van der Waals surface area contributed by atoms with Crippen molar-refractivity contribution in [2.45, 2.75) is 12.6 Å². The Kier molecular flexibility index (Phi) is 7.71. The molecule has 2 amide bonds. The lowest BCUT2D eigenvalue weighted by atomic mass is 10.1. The summed E-state index contributed by atoms with van der Waals surface area (Å²) in [5.74, 6) is -4.98. The van der Waals surface area contributed by atoms with Crippen LogP contribution >= 0.6 is 0 Å². The lowest BCUT2D eigenvalue weighted by Crippen LogP contribution is -2.50. The van der Waals surface area contributed by atoms with Gasteiger partial charge in [-0.05, 0) is 29.8 Å². The van der Waals surface area contributed by atoms with Crippen LogP contribution in [0.3, 0.4) is 0 Å². The Bertz CT molecular complexity index is 947. The lowest BCUT2D eigenvalue weighted by Gasteiger charge is -2.17. The van der Waals surface area contributed by atoms with Crippen molar-refractivity contribution in [3.05, 3.63) is 59.7 Å². The third-order valence-corrected chi connectivity index (χ3v) is 3.63. The molecule has 30 heavy (non-hydrogen) atoms. The topological polar surface area (TPSA) is 177 Å². The molecule has 1 unspecified atom stereocenters. The van der Waals surface area contributed by atoms with Crippen LogP contribution in [-0.2, 0) is 20.9 Å². The number of carboxylic acid groups (broad SMARTS) is 2. The van der Waals surface area contributed by atoms with Gasteiger partial charge >= 0.3 is 11.9 Å². The standard InChI is InChI=1S/C19H19N3O8/c20-9-11-4-3-5-12(8-11)17(25)21-22-18(26)16(19(27)28)30-14-7-2-1-6-13(14)29-10-15(23)24/h1-8,16H,9-10,20H2,(H,21,25)(H,22,26)(H,23,24)(H,27,28). The number of rotatable bonds is 9. The number of carboxylic acids is 2. The largest absolute Gasteiger partial charge is 0.479 e. The minimum atomic E-state index is -2.05. The van der Waals surface area contributed by atoms with Crippen molar-refractivity contribution in [3.63, 3.8) is 0 Å². The van der Waals surface area contributed by atoms with Crippen molar-refractivity contribution in [1.29, 1.82) is 0 Å². The van der Waals surface area contributed by atoms with Gasteiger partial charge in [0, 0.05) is 12.1 Å². The number of hydrogen-bond acceptors (Lipinski definition) is 7. The number of hydrazine groups is 1. The Labute approximate surface area is 170 Å². The number of aliphatic carboxylic acids is 2. The van der Waals surface area contributed by atoms with Gasteiger partial charge in [-0.3, -0.25) is 20.4 Å². The highest BCUT2D eigenvalue weighted by molar-refractivity contribution is 6.02. The molecular formula is C19H19N3O8. The van der Waals surface area contributed by atoms with E-state index in [2.05, 4.69) is 5.43 Å². The van der Waals surface area contributed by atoms with E-state index in [0.717, 1.165) is 0 Å². The van der Waals surface area contributed by atoms with Gasteiger partial charge in [0.1, 0.15) is 0 Å². The highest BCUT2D eigenvalue weighted by atomic mass is 16.6. The fraction of sp³-hybridized carbons (Fsp3) is 0.158. The number of nitrogens with two attached hydrogens (primary N) is 1. The summed E-state index contributed by atoms with van der Waals surface area (Å²) in [5, 5.41) is 18.0. The van der Waals surface area contributed by atoms with Crippen LogP contribution in [-0.4, -0.2) is 46.7 Å². The SMILES string of the molecule is NCc1cccc(C(=O)NNC(=O)C(Oc2ccccc2OCC(=O)O)C(=O)O)c1. The maximum Gasteiger partial charge on any atom is 0.355 e. The summed E-state index contributed by atoms with van der Waals surface area (Å²) in [7, 11) is 0. The molecule has 0 aromatic heterocycles. The van der Waals surface area contributed by atoms with E-state index in [1.54, 1.807) is 12.1 Å². The summed E-state index contributed by atoms with van der Waals surface area (Å²) >= 11 is 0.